The monoisotopic (exact) mass is 231 g/mol. The van der Waals surface area contributed by atoms with Gasteiger partial charge in [0.15, 0.2) is 0 Å². The van der Waals surface area contributed by atoms with Gasteiger partial charge < -0.3 is 10.4 Å². The lowest BCUT2D eigenvalue weighted by molar-refractivity contribution is 0.0495. The van der Waals surface area contributed by atoms with Crippen molar-refractivity contribution in [3.8, 4) is 0 Å². The maximum atomic E-state index is 10.3. The molecule has 0 unspecified atom stereocenters. The van der Waals surface area contributed by atoms with E-state index in [-0.39, 0.29) is 11.6 Å². The summed E-state index contributed by atoms with van der Waals surface area (Å²) in [5, 5.41) is 13.9. The van der Waals surface area contributed by atoms with Gasteiger partial charge in [0.1, 0.15) is 0 Å². The first-order valence-electron chi connectivity index (χ1n) is 6.74. The van der Waals surface area contributed by atoms with Gasteiger partial charge in [-0.3, -0.25) is 0 Å². The maximum Gasteiger partial charge on any atom is 0.0796 e. The van der Waals surface area contributed by atoms with Gasteiger partial charge in [-0.1, -0.05) is 37.1 Å². The first kappa shape index (κ1) is 11.2. The fraction of sp³-hybridized carbons (Fsp3) is 0.600. The molecule has 2 aliphatic carbocycles. The molecule has 0 aliphatic heterocycles. The Morgan fingerprint density at radius 2 is 2.12 bits per heavy atom. The molecule has 0 bridgehead atoms. The van der Waals surface area contributed by atoms with E-state index in [0.29, 0.717) is 5.92 Å². The number of rotatable bonds is 1. The van der Waals surface area contributed by atoms with Gasteiger partial charge in [-0.15, -0.1) is 0 Å². The van der Waals surface area contributed by atoms with Crippen LogP contribution in [0.25, 0.3) is 0 Å². The van der Waals surface area contributed by atoms with Gasteiger partial charge in [-0.2, -0.15) is 0 Å². The Labute approximate surface area is 103 Å². The zero-order valence-corrected chi connectivity index (χ0v) is 10.4. The van der Waals surface area contributed by atoms with Gasteiger partial charge in [0.05, 0.1) is 6.10 Å². The minimum atomic E-state index is -0.268. The molecule has 2 heteroatoms. The molecule has 2 N–H and O–H groups in total. The second-order valence-electron chi connectivity index (χ2n) is 5.50. The van der Waals surface area contributed by atoms with Crippen LogP contribution in [-0.2, 0) is 5.54 Å². The quantitative estimate of drug-likeness (QED) is 0.779. The van der Waals surface area contributed by atoms with E-state index in [9.17, 15) is 5.11 Å². The highest BCUT2D eigenvalue weighted by molar-refractivity contribution is 5.39. The normalized spacial score (nSPS) is 36.1. The number of nitrogens with one attached hydrogen (secondary N) is 1. The van der Waals surface area contributed by atoms with E-state index >= 15 is 0 Å². The molecule has 17 heavy (non-hydrogen) atoms. The molecule has 3 rings (SSSR count). The van der Waals surface area contributed by atoms with E-state index < -0.39 is 0 Å². The zero-order chi connectivity index (χ0) is 11.9. The molecule has 0 saturated heterocycles. The fourth-order valence-corrected chi connectivity index (χ4v) is 3.97. The summed E-state index contributed by atoms with van der Waals surface area (Å²) in [6, 6.07) is 8.42. The second-order valence-corrected chi connectivity index (χ2v) is 5.50. The Morgan fingerprint density at radius 3 is 2.94 bits per heavy atom. The topological polar surface area (TPSA) is 32.3 Å². The van der Waals surface area contributed by atoms with E-state index in [2.05, 4.69) is 30.6 Å². The molecule has 92 valence electrons. The lowest BCUT2D eigenvalue weighted by atomic mass is 9.62. The van der Waals surface area contributed by atoms with Crippen molar-refractivity contribution < 1.29 is 5.11 Å². The summed E-state index contributed by atoms with van der Waals surface area (Å²) in [6.07, 6.45) is 5.70. The van der Waals surface area contributed by atoms with Crippen LogP contribution in [0.4, 0.5) is 0 Å². The molecule has 0 spiro atoms. The third-order valence-corrected chi connectivity index (χ3v) is 4.82. The minimum Gasteiger partial charge on any atom is -0.388 e. The average Bonchev–Trinajstić information content (AvgIpc) is 2.39. The summed E-state index contributed by atoms with van der Waals surface area (Å²) < 4.78 is 0. The van der Waals surface area contributed by atoms with Crippen molar-refractivity contribution in [3.05, 3.63) is 35.4 Å². The number of aliphatic hydroxyl groups is 1. The Balaban J connectivity index is 2.14. The highest BCUT2D eigenvalue weighted by Crippen LogP contribution is 2.50. The SMILES string of the molecule is CN[C@]12CCCC[C@@H]1C[C@H](O)c1ccccc12. The van der Waals surface area contributed by atoms with E-state index in [0.717, 1.165) is 12.0 Å². The summed E-state index contributed by atoms with van der Waals surface area (Å²) in [4.78, 5) is 0. The Hall–Kier alpha value is -0.860. The second kappa shape index (κ2) is 4.11. The highest BCUT2D eigenvalue weighted by Gasteiger charge is 2.46. The minimum absolute atomic E-state index is 0.119. The van der Waals surface area contributed by atoms with Gasteiger partial charge >= 0.3 is 0 Å². The first-order valence-corrected chi connectivity index (χ1v) is 6.74. The van der Waals surface area contributed by atoms with Crippen LogP contribution in [-0.4, -0.2) is 12.2 Å². The van der Waals surface area contributed by atoms with Crippen LogP contribution in [0.2, 0.25) is 0 Å². The summed E-state index contributed by atoms with van der Waals surface area (Å²) >= 11 is 0. The highest BCUT2D eigenvalue weighted by atomic mass is 16.3. The molecular weight excluding hydrogens is 210 g/mol. The zero-order valence-electron chi connectivity index (χ0n) is 10.4. The smallest absolute Gasteiger partial charge is 0.0796 e. The molecule has 3 atom stereocenters. The van der Waals surface area contributed by atoms with Gasteiger partial charge in [0.2, 0.25) is 0 Å². The third-order valence-electron chi connectivity index (χ3n) is 4.82. The molecule has 0 amide bonds. The average molecular weight is 231 g/mol. The van der Waals surface area contributed by atoms with Crippen molar-refractivity contribution in [3.63, 3.8) is 0 Å². The van der Waals surface area contributed by atoms with Crippen LogP contribution < -0.4 is 5.32 Å². The molecule has 2 aliphatic rings. The van der Waals surface area contributed by atoms with Gasteiger partial charge in [-0.25, -0.2) is 0 Å². The van der Waals surface area contributed by atoms with Crippen molar-refractivity contribution in [1.29, 1.82) is 0 Å². The third kappa shape index (κ3) is 1.54. The largest absolute Gasteiger partial charge is 0.388 e. The Bertz CT molecular complexity index is 417. The number of aliphatic hydroxyl groups excluding tert-OH is 1. The standard InChI is InChI=1S/C15H21NO/c1-16-15-9-5-4-6-11(15)10-14(17)12-7-2-3-8-13(12)15/h2-3,7-8,11,14,16-17H,4-6,9-10H2,1H3/t11-,14+,15-/m1/s1. The Morgan fingerprint density at radius 1 is 1.29 bits per heavy atom. The number of hydrogen-bond acceptors (Lipinski definition) is 2. The van der Waals surface area contributed by atoms with Crippen LogP contribution in [0.3, 0.4) is 0 Å². The van der Waals surface area contributed by atoms with Crippen LogP contribution in [0.1, 0.15) is 49.3 Å². The van der Waals surface area contributed by atoms with E-state index in [4.69, 9.17) is 0 Å². The van der Waals surface area contributed by atoms with E-state index in [1.165, 1.54) is 31.2 Å². The summed E-state index contributed by atoms with van der Waals surface area (Å²) in [5.74, 6) is 0.589. The molecule has 2 nitrogen and oxygen atoms in total. The van der Waals surface area contributed by atoms with Gasteiger partial charge in [0.25, 0.3) is 0 Å². The van der Waals surface area contributed by atoms with Crippen molar-refractivity contribution in [1.82, 2.24) is 5.32 Å². The summed E-state index contributed by atoms with van der Waals surface area (Å²) in [7, 11) is 2.08. The van der Waals surface area contributed by atoms with Crippen LogP contribution >= 0.6 is 0 Å². The van der Waals surface area contributed by atoms with Gasteiger partial charge in [-0.05, 0) is 43.4 Å². The number of hydrogen-bond donors (Lipinski definition) is 2. The van der Waals surface area contributed by atoms with Crippen molar-refractivity contribution in [2.45, 2.75) is 43.7 Å². The predicted octanol–water partition coefficient (Wildman–Crippen LogP) is 2.73. The maximum absolute atomic E-state index is 10.3. The molecule has 1 aromatic rings. The number of fused-ring (bicyclic) bond motifs is 3. The lowest BCUT2D eigenvalue weighted by Crippen LogP contribution is -2.51. The van der Waals surface area contributed by atoms with Crippen LogP contribution in [0, 0.1) is 5.92 Å². The Kier molecular flexibility index (Phi) is 2.72. The molecule has 0 aromatic heterocycles. The van der Waals surface area contributed by atoms with E-state index in [1.807, 2.05) is 6.07 Å². The van der Waals surface area contributed by atoms with Crippen molar-refractivity contribution in [2.75, 3.05) is 7.05 Å². The predicted molar refractivity (Wildman–Crippen MR) is 68.7 cm³/mol. The molecule has 1 aromatic carbocycles. The molecule has 0 radical (unpaired) electrons. The molecule has 0 heterocycles. The first-order chi connectivity index (χ1) is 8.28. The lowest BCUT2D eigenvalue weighted by Gasteiger charge is -2.50. The molecule has 1 saturated carbocycles. The molecular formula is C15H21NO. The van der Waals surface area contributed by atoms with Gasteiger partial charge in [0, 0.05) is 5.54 Å². The van der Waals surface area contributed by atoms with Crippen molar-refractivity contribution in [2.24, 2.45) is 5.92 Å². The van der Waals surface area contributed by atoms with E-state index in [1.54, 1.807) is 0 Å². The van der Waals surface area contributed by atoms with Crippen molar-refractivity contribution >= 4 is 0 Å². The summed E-state index contributed by atoms with van der Waals surface area (Å²) in [6.45, 7) is 0. The van der Waals surface area contributed by atoms with Crippen LogP contribution in [0.5, 0.6) is 0 Å². The fourth-order valence-electron chi connectivity index (χ4n) is 3.97. The van der Waals surface area contributed by atoms with Crippen LogP contribution in [0.15, 0.2) is 24.3 Å². The molecule has 1 fully saturated rings. The summed E-state index contributed by atoms with van der Waals surface area (Å²) in [5.41, 5.74) is 2.60. The number of benzene rings is 1.